The van der Waals surface area contributed by atoms with E-state index < -0.39 is 0 Å². The number of imidazole rings is 1. The van der Waals surface area contributed by atoms with E-state index in [4.69, 9.17) is 0 Å². The SMILES string of the molecule is Cn1ccnc1CN1CCNC(Cc2ccccc2)C1. The minimum Gasteiger partial charge on any atom is -0.337 e. The number of nitrogens with zero attached hydrogens (tertiary/aromatic N) is 3. The normalized spacial score (nSPS) is 20.1. The Bertz CT molecular complexity index is 534. The molecule has 0 amide bonds. The lowest BCUT2D eigenvalue weighted by Crippen LogP contribution is -2.51. The first kappa shape index (κ1) is 13.3. The second-order valence-electron chi connectivity index (χ2n) is 5.53. The smallest absolute Gasteiger partial charge is 0.122 e. The van der Waals surface area contributed by atoms with Crippen molar-refractivity contribution in [3.05, 3.63) is 54.1 Å². The summed E-state index contributed by atoms with van der Waals surface area (Å²) in [7, 11) is 2.06. The van der Waals surface area contributed by atoms with Gasteiger partial charge in [0.05, 0.1) is 6.54 Å². The molecule has 1 aliphatic rings. The van der Waals surface area contributed by atoms with Gasteiger partial charge in [0.2, 0.25) is 0 Å². The number of piperazine rings is 1. The van der Waals surface area contributed by atoms with Crippen LogP contribution in [0, 0.1) is 0 Å². The van der Waals surface area contributed by atoms with Crippen molar-refractivity contribution >= 4 is 0 Å². The van der Waals surface area contributed by atoms with Gasteiger partial charge in [-0.1, -0.05) is 30.3 Å². The molecule has 1 aliphatic heterocycles. The molecule has 0 spiro atoms. The molecule has 2 heterocycles. The maximum Gasteiger partial charge on any atom is 0.122 e. The second-order valence-corrected chi connectivity index (χ2v) is 5.53. The third-order valence-electron chi connectivity index (χ3n) is 3.95. The van der Waals surface area contributed by atoms with Gasteiger partial charge in [-0.3, -0.25) is 4.90 Å². The lowest BCUT2D eigenvalue weighted by atomic mass is 10.0. The molecule has 1 fully saturated rings. The van der Waals surface area contributed by atoms with Gasteiger partial charge in [0.1, 0.15) is 5.82 Å². The standard InChI is InChI=1S/C16H22N4/c1-19-9-7-18-16(19)13-20-10-8-17-15(12-20)11-14-5-3-2-4-6-14/h2-7,9,15,17H,8,10-13H2,1H3. The van der Waals surface area contributed by atoms with E-state index in [9.17, 15) is 0 Å². The summed E-state index contributed by atoms with van der Waals surface area (Å²) < 4.78 is 2.11. The molecule has 106 valence electrons. The summed E-state index contributed by atoms with van der Waals surface area (Å²) in [5.74, 6) is 1.14. The number of hydrogen-bond acceptors (Lipinski definition) is 3. The molecule has 3 rings (SSSR count). The van der Waals surface area contributed by atoms with Crippen LogP contribution < -0.4 is 5.32 Å². The highest BCUT2D eigenvalue weighted by Gasteiger charge is 2.20. The Hall–Kier alpha value is -1.65. The van der Waals surface area contributed by atoms with E-state index in [0.29, 0.717) is 6.04 Å². The average Bonchev–Trinajstić information content (AvgIpc) is 2.86. The Morgan fingerprint density at radius 1 is 1.30 bits per heavy atom. The molecule has 1 aromatic heterocycles. The summed E-state index contributed by atoms with van der Waals surface area (Å²) in [5, 5.41) is 3.62. The van der Waals surface area contributed by atoms with Crippen LogP contribution in [0.1, 0.15) is 11.4 Å². The van der Waals surface area contributed by atoms with E-state index in [2.05, 4.69) is 57.1 Å². The molecule has 0 saturated carbocycles. The molecule has 0 radical (unpaired) electrons. The van der Waals surface area contributed by atoms with Crippen molar-refractivity contribution in [3.63, 3.8) is 0 Å². The van der Waals surface area contributed by atoms with Crippen LogP contribution in [0.4, 0.5) is 0 Å². The van der Waals surface area contributed by atoms with Gasteiger partial charge in [0.25, 0.3) is 0 Å². The van der Waals surface area contributed by atoms with Gasteiger partial charge < -0.3 is 9.88 Å². The van der Waals surface area contributed by atoms with Crippen molar-refractivity contribution in [3.8, 4) is 0 Å². The fourth-order valence-corrected chi connectivity index (χ4v) is 2.82. The molecular weight excluding hydrogens is 248 g/mol. The quantitative estimate of drug-likeness (QED) is 0.912. The molecule has 0 aliphatic carbocycles. The fraction of sp³-hybridized carbons (Fsp3) is 0.438. The van der Waals surface area contributed by atoms with E-state index in [-0.39, 0.29) is 0 Å². The maximum absolute atomic E-state index is 4.42. The lowest BCUT2D eigenvalue weighted by Gasteiger charge is -2.33. The van der Waals surface area contributed by atoms with Crippen molar-refractivity contribution in [2.45, 2.75) is 19.0 Å². The van der Waals surface area contributed by atoms with E-state index in [1.165, 1.54) is 5.56 Å². The van der Waals surface area contributed by atoms with Crippen LogP contribution in [0.25, 0.3) is 0 Å². The maximum atomic E-state index is 4.42. The van der Waals surface area contributed by atoms with E-state index >= 15 is 0 Å². The van der Waals surface area contributed by atoms with Gasteiger partial charge in [0, 0.05) is 45.1 Å². The third kappa shape index (κ3) is 3.26. The minimum absolute atomic E-state index is 0.534. The molecular formula is C16H22N4. The molecule has 1 N–H and O–H groups in total. The number of rotatable bonds is 4. The fourth-order valence-electron chi connectivity index (χ4n) is 2.82. The van der Waals surface area contributed by atoms with Gasteiger partial charge in [-0.25, -0.2) is 4.98 Å². The first-order valence-electron chi connectivity index (χ1n) is 7.27. The van der Waals surface area contributed by atoms with Crippen LogP contribution in [0.5, 0.6) is 0 Å². The zero-order valence-electron chi connectivity index (χ0n) is 12.0. The molecule has 4 heteroatoms. The van der Waals surface area contributed by atoms with E-state index in [0.717, 1.165) is 38.4 Å². The molecule has 0 bridgehead atoms. The summed E-state index contributed by atoms with van der Waals surface area (Å²) >= 11 is 0. The van der Waals surface area contributed by atoms with Crippen molar-refractivity contribution in [1.82, 2.24) is 19.8 Å². The molecule has 1 saturated heterocycles. The first-order chi connectivity index (χ1) is 9.81. The largest absolute Gasteiger partial charge is 0.337 e. The van der Waals surface area contributed by atoms with Gasteiger partial charge in [-0.15, -0.1) is 0 Å². The topological polar surface area (TPSA) is 33.1 Å². The zero-order chi connectivity index (χ0) is 13.8. The van der Waals surface area contributed by atoms with Gasteiger partial charge >= 0.3 is 0 Å². The summed E-state index contributed by atoms with van der Waals surface area (Å²) in [6.07, 6.45) is 4.98. The highest BCUT2D eigenvalue weighted by molar-refractivity contribution is 5.16. The lowest BCUT2D eigenvalue weighted by molar-refractivity contribution is 0.186. The Morgan fingerprint density at radius 3 is 2.90 bits per heavy atom. The summed E-state index contributed by atoms with van der Waals surface area (Å²) in [6, 6.07) is 11.3. The van der Waals surface area contributed by atoms with Gasteiger partial charge in [-0.2, -0.15) is 0 Å². The van der Waals surface area contributed by atoms with E-state index in [1.54, 1.807) is 0 Å². The van der Waals surface area contributed by atoms with Crippen molar-refractivity contribution in [2.24, 2.45) is 7.05 Å². The zero-order valence-corrected chi connectivity index (χ0v) is 12.0. The van der Waals surface area contributed by atoms with Gasteiger partial charge in [0.15, 0.2) is 0 Å². The van der Waals surface area contributed by atoms with Crippen LogP contribution in [0.15, 0.2) is 42.7 Å². The van der Waals surface area contributed by atoms with Crippen molar-refractivity contribution in [1.29, 1.82) is 0 Å². The summed E-state index contributed by atoms with van der Waals surface area (Å²) in [6.45, 7) is 4.18. The monoisotopic (exact) mass is 270 g/mol. The minimum atomic E-state index is 0.534. The summed E-state index contributed by atoms with van der Waals surface area (Å²) in [5.41, 5.74) is 1.41. The summed E-state index contributed by atoms with van der Waals surface area (Å²) in [4.78, 5) is 6.91. The number of aryl methyl sites for hydroxylation is 1. The average molecular weight is 270 g/mol. The number of aromatic nitrogens is 2. The molecule has 1 aromatic carbocycles. The molecule has 20 heavy (non-hydrogen) atoms. The number of hydrogen-bond donors (Lipinski definition) is 1. The predicted molar refractivity (Wildman–Crippen MR) is 80.4 cm³/mol. The Morgan fingerprint density at radius 2 is 2.15 bits per heavy atom. The Balaban J connectivity index is 1.58. The van der Waals surface area contributed by atoms with Crippen LogP contribution in [-0.4, -0.2) is 40.1 Å². The number of nitrogens with one attached hydrogen (secondary N) is 1. The molecule has 2 aromatic rings. The van der Waals surface area contributed by atoms with E-state index in [1.807, 2.05) is 12.4 Å². The third-order valence-corrected chi connectivity index (χ3v) is 3.95. The predicted octanol–water partition coefficient (Wildman–Crippen LogP) is 1.44. The number of benzene rings is 1. The molecule has 1 unspecified atom stereocenters. The Labute approximate surface area is 120 Å². The second kappa shape index (κ2) is 6.20. The van der Waals surface area contributed by atoms with Crippen molar-refractivity contribution in [2.75, 3.05) is 19.6 Å². The van der Waals surface area contributed by atoms with Gasteiger partial charge in [-0.05, 0) is 12.0 Å². The van der Waals surface area contributed by atoms with Crippen LogP contribution in [-0.2, 0) is 20.0 Å². The molecule has 1 atom stereocenters. The van der Waals surface area contributed by atoms with Crippen molar-refractivity contribution < 1.29 is 0 Å². The highest BCUT2D eigenvalue weighted by Crippen LogP contribution is 2.10. The first-order valence-corrected chi connectivity index (χ1v) is 7.27. The highest BCUT2D eigenvalue weighted by atomic mass is 15.2. The van der Waals surface area contributed by atoms with Crippen LogP contribution >= 0.6 is 0 Å². The van der Waals surface area contributed by atoms with Crippen LogP contribution in [0.2, 0.25) is 0 Å². The Kier molecular flexibility index (Phi) is 4.14. The van der Waals surface area contributed by atoms with Crippen LogP contribution in [0.3, 0.4) is 0 Å². The molecule has 4 nitrogen and oxygen atoms in total.